The van der Waals surface area contributed by atoms with Crippen molar-refractivity contribution in [1.29, 1.82) is 0 Å². The Hall–Kier alpha value is -1.40. The molecule has 0 N–H and O–H groups in total. The predicted octanol–water partition coefficient (Wildman–Crippen LogP) is 2.20. The Morgan fingerprint density at radius 1 is 0.913 bits per heavy atom. The molecule has 0 unspecified atom stereocenters. The first-order chi connectivity index (χ1) is 11.1. The third kappa shape index (κ3) is 3.58. The summed E-state index contributed by atoms with van der Waals surface area (Å²) in [6.07, 6.45) is 7.05. The van der Waals surface area contributed by atoms with Gasteiger partial charge in [0.25, 0.3) is 0 Å². The summed E-state index contributed by atoms with van der Waals surface area (Å²) in [6.45, 7) is 1.66. The van der Waals surface area contributed by atoms with Gasteiger partial charge in [0.15, 0.2) is 0 Å². The largest absolute Gasteiger partial charge is 0.343 e. The van der Waals surface area contributed by atoms with Crippen molar-refractivity contribution >= 4 is 16.4 Å². The van der Waals surface area contributed by atoms with Crippen molar-refractivity contribution in [2.24, 2.45) is 0 Å². The highest BCUT2D eigenvalue weighted by Crippen LogP contribution is 2.33. The third-order valence-electron chi connectivity index (χ3n) is 5.02. The Bertz CT molecular complexity index is 628. The molecule has 1 saturated heterocycles. The summed E-state index contributed by atoms with van der Waals surface area (Å²) < 4.78 is 26.9. The Kier molecular flexibility index (Phi) is 5.02. The monoisotopic (exact) mass is 336 g/mol. The molecule has 23 heavy (non-hydrogen) atoms. The van der Waals surface area contributed by atoms with Gasteiger partial charge in [-0.05, 0) is 36.5 Å². The SMILES string of the molecule is O=CN1CCN(S(=O)(=O)c2ccc(C3CCCCC3)cc2)CC1. The highest BCUT2D eigenvalue weighted by molar-refractivity contribution is 7.89. The fraction of sp³-hybridized carbons (Fsp3) is 0.588. The fourth-order valence-corrected chi connectivity index (χ4v) is 4.97. The second-order valence-electron chi connectivity index (χ2n) is 6.45. The predicted molar refractivity (Wildman–Crippen MR) is 88.7 cm³/mol. The summed E-state index contributed by atoms with van der Waals surface area (Å²) in [6, 6.07) is 7.44. The van der Waals surface area contributed by atoms with Gasteiger partial charge >= 0.3 is 0 Å². The highest BCUT2D eigenvalue weighted by atomic mass is 32.2. The molecule has 1 heterocycles. The number of benzene rings is 1. The molecule has 1 saturated carbocycles. The minimum atomic E-state index is -3.45. The van der Waals surface area contributed by atoms with Crippen LogP contribution in [0.4, 0.5) is 0 Å². The topological polar surface area (TPSA) is 57.7 Å². The van der Waals surface area contributed by atoms with Crippen LogP contribution in [0.25, 0.3) is 0 Å². The van der Waals surface area contributed by atoms with Crippen LogP contribution in [0.3, 0.4) is 0 Å². The van der Waals surface area contributed by atoms with Gasteiger partial charge in [0.2, 0.25) is 16.4 Å². The van der Waals surface area contributed by atoms with Gasteiger partial charge in [-0.25, -0.2) is 8.42 Å². The minimum absolute atomic E-state index is 0.358. The van der Waals surface area contributed by atoms with Crippen molar-refractivity contribution < 1.29 is 13.2 Å². The first kappa shape index (κ1) is 16.5. The van der Waals surface area contributed by atoms with Crippen molar-refractivity contribution in [2.45, 2.75) is 42.9 Å². The van der Waals surface area contributed by atoms with Crippen LogP contribution in [0.5, 0.6) is 0 Å². The van der Waals surface area contributed by atoms with Crippen LogP contribution >= 0.6 is 0 Å². The van der Waals surface area contributed by atoms with Crippen molar-refractivity contribution in [2.75, 3.05) is 26.2 Å². The first-order valence-electron chi connectivity index (χ1n) is 8.41. The number of hydrogen-bond acceptors (Lipinski definition) is 3. The minimum Gasteiger partial charge on any atom is -0.343 e. The second kappa shape index (κ2) is 7.01. The average Bonchev–Trinajstić information content (AvgIpc) is 2.62. The van der Waals surface area contributed by atoms with Crippen LogP contribution in [0.2, 0.25) is 0 Å². The van der Waals surface area contributed by atoms with Crippen LogP contribution in [-0.2, 0) is 14.8 Å². The van der Waals surface area contributed by atoms with Gasteiger partial charge in [-0.15, -0.1) is 0 Å². The Balaban J connectivity index is 1.71. The molecule has 0 radical (unpaired) electrons. The average molecular weight is 336 g/mol. The van der Waals surface area contributed by atoms with E-state index in [9.17, 15) is 13.2 Å². The van der Waals surface area contributed by atoms with Gasteiger partial charge in [-0.2, -0.15) is 4.31 Å². The number of sulfonamides is 1. The van der Waals surface area contributed by atoms with E-state index in [1.165, 1.54) is 42.0 Å². The number of hydrogen-bond donors (Lipinski definition) is 0. The van der Waals surface area contributed by atoms with E-state index >= 15 is 0 Å². The van der Waals surface area contributed by atoms with Crippen LogP contribution in [0.1, 0.15) is 43.6 Å². The number of carbonyl (C=O) groups is 1. The standard InChI is InChI=1S/C17H24N2O3S/c20-14-18-10-12-19(13-11-18)23(21,22)17-8-6-16(7-9-17)15-4-2-1-3-5-15/h6-9,14-15H,1-5,10-13H2. The Labute approximate surface area is 138 Å². The highest BCUT2D eigenvalue weighted by Gasteiger charge is 2.28. The van der Waals surface area contributed by atoms with Crippen molar-refractivity contribution in [3.63, 3.8) is 0 Å². The van der Waals surface area contributed by atoms with E-state index in [-0.39, 0.29) is 0 Å². The van der Waals surface area contributed by atoms with Crippen molar-refractivity contribution in [3.05, 3.63) is 29.8 Å². The molecule has 2 aliphatic rings. The normalized spacial score (nSPS) is 21.3. The number of nitrogens with zero attached hydrogens (tertiary/aromatic N) is 2. The molecule has 126 valence electrons. The Morgan fingerprint density at radius 2 is 1.52 bits per heavy atom. The molecule has 0 spiro atoms. The van der Waals surface area contributed by atoms with Gasteiger partial charge < -0.3 is 4.90 Å². The second-order valence-corrected chi connectivity index (χ2v) is 8.39. The zero-order valence-electron chi connectivity index (χ0n) is 13.4. The van der Waals surface area contributed by atoms with Gasteiger partial charge in [-0.3, -0.25) is 4.79 Å². The number of piperazine rings is 1. The Morgan fingerprint density at radius 3 is 2.09 bits per heavy atom. The summed E-state index contributed by atoms with van der Waals surface area (Å²) in [5, 5.41) is 0. The van der Waals surface area contributed by atoms with Gasteiger partial charge in [0.05, 0.1) is 4.90 Å². The maximum Gasteiger partial charge on any atom is 0.243 e. The molecule has 5 nitrogen and oxygen atoms in total. The van der Waals surface area contributed by atoms with Gasteiger partial charge in [0.1, 0.15) is 0 Å². The summed E-state index contributed by atoms with van der Waals surface area (Å²) in [7, 11) is -3.45. The van der Waals surface area contributed by atoms with E-state index in [0.717, 1.165) is 6.41 Å². The van der Waals surface area contributed by atoms with Crippen LogP contribution in [0, 0.1) is 0 Å². The molecule has 1 aromatic rings. The lowest BCUT2D eigenvalue weighted by Gasteiger charge is -2.31. The van der Waals surface area contributed by atoms with E-state index in [0.29, 0.717) is 37.0 Å². The van der Waals surface area contributed by atoms with Gasteiger partial charge in [-0.1, -0.05) is 31.4 Å². The number of amides is 1. The summed E-state index contributed by atoms with van der Waals surface area (Å²) in [5.41, 5.74) is 1.26. The maximum absolute atomic E-state index is 12.7. The quantitative estimate of drug-likeness (QED) is 0.792. The van der Waals surface area contributed by atoms with Crippen LogP contribution < -0.4 is 0 Å². The lowest BCUT2D eigenvalue weighted by molar-refractivity contribution is -0.119. The zero-order valence-corrected chi connectivity index (χ0v) is 14.2. The van der Waals surface area contributed by atoms with E-state index < -0.39 is 10.0 Å². The third-order valence-corrected chi connectivity index (χ3v) is 6.93. The van der Waals surface area contributed by atoms with E-state index in [1.807, 2.05) is 12.1 Å². The molecule has 1 aliphatic carbocycles. The smallest absolute Gasteiger partial charge is 0.243 e. The molecule has 0 atom stereocenters. The summed E-state index contributed by atoms with van der Waals surface area (Å²) >= 11 is 0. The number of carbonyl (C=O) groups excluding carboxylic acids is 1. The fourth-order valence-electron chi connectivity index (χ4n) is 3.55. The van der Waals surface area contributed by atoms with E-state index in [4.69, 9.17) is 0 Å². The molecular weight excluding hydrogens is 312 g/mol. The summed E-state index contributed by atoms with van der Waals surface area (Å²) in [4.78, 5) is 12.7. The molecule has 2 fully saturated rings. The molecule has 0 bridgehead atoms. The first-order valence-corrected chi connectivity index (χ1v) is 9.85. The molecular formula is C17H24N2O3S. The lowest BCUT2D eigenvalue weighted by atomic mass is 9.84. The number of rotatable bonds is 4. The van der Waals surface area contributed by atoms with E-state index in [2.05, 4.69) is 0 Å². The van der Waals surface area contributed by atoms with Crippen LogP contribution in [-0.4, -0.2) is 50.2 Å². The molecule has 6 heteroatoms. The lowest BCUT2D eigenvalue weighted by Crippen LogP contribution is -2.47. The van der Waals surface area contributed by atoms with Crippen molar-refractivity contribution in [3.8, 4) is 0 Å². The maximum atomic E-state index is 12.7. The molecule has 3 rings (SSSR count). The molecule has 1 amide bonds. The summed E-state index contributed by atoms with van der Waals surface area (Å²) in [5.74, 6) is 0.580. The van der Waals surface area contributed by atoms with Gasteiger partial charge in [0, 0.05) is 26.2 Å². The molecule has 1 aliphatic heterocycles. The molecule has 0 aromatic heterocycles. The van der Waals surface area contributed by atoms with E-state index in [1.54, 1.807) is 17.0 Å². The van der Waals surface area contributed by atoms with Crippen LogP contribution in [0.15, 0.2) is 29.2 Å². The molecule has 1 aromatic carbocycles. The van der Waals surface area contributed by atoms with Crippen molar-refractivity contribution in [1.82, 2.24) is 9.21 Å². The zero-order chi connectivity index (χ0) is 16.3.